The van der Waals surface area contributed by atoms with Gasteiger partial charge in [0.15, 0.2) is 11.5 Å². The SMILES string of the molecule is COc1cc(C(=O)Nc2sc3c(c2-c2nc4ccccc4s2)CCN(C)C3)c([N+](=O)[O-])cc1OC. The topological polar surface area (TPSA) is 107 Å². The molecule has 0 radical (unpaired) electrons. The molecule has 2 aromatic heterocycles. The van der Waals surface area contributed by atoms with Crippen molar-refractivity contribution in [3.8, 4) is 22.1 Å². The lowest BCUT2D eigenvalue weighted by Crippen LogP contribution is -2.25. The van der Waals surface area contributed by atoms with Crippen LogP contribution in [0, 0.1) is 10.1 Å². The highest BCUT2D eigenvalue weighted by atomic mass is 32.1. The maximum atomic E-state index is 13.4. The number of ether oxygens (including phenoxy) is 2. The highest BCUT2D eigenvalue weighted by molar-refractivity contribution is 7.23. The van der Waals surface area contributed by atoms with E-state index < -0.39 is 10.8 Å². The molecule has 1 N–H and O–H groups in total. The first-order chi connectivity index (χ1) is 16.9. The van der Waals surface area contributed by atoms with E-state index in [9.17, 15) is 14.9 Å². The molecule has 1 amide bonds. The van der Waals surface area contributed by atoms with Crippen LogP contribution in [-0.4, -0.2) is 48.5 Å². The number of amides is 1. The lowest BCUT2D eigenvalue weighted by atomic mass is 10.0. The molecule has 2 aromatic carbocycles. The lowest BCUT2D eigenvalue weighted by molar-refractivity contribution is -0.385. The second-order valence-electron chi connectivity index (χ2n) is 8.12. The van der Waals surface area contributed by atoms with Gasteiger partial charge in [0, 0.05) is 29.6 Å². The number of carbonyl (C=O) groups excluding carboxylic acids is 1. The first-order valence-electron chi connectivity index (χ1n) is 10.8. The summed E-state index contributed by atoms with van der Waals surface area (Å²) in [6.07, 6.45) is 0.833. The van der Waals surface area contributed by atoms with Crippen LogP contribution in [-0.2, 0) is 13.0 Å². The van der Waals surface area contributed by atoms with E-state index in [0.29, 0.717) is 5.00 Å². The highest BCUT2D eigenvalue weighted by Crippen LogP contribution is 2.46. The third kappa shape index (κ3) is 4.22. The maximum absolute atomic E-state index is 13.4. The zero-order chi connectivity index (χ0) is 24.7. The van der Waals surface area contributed by atoms with E-state index >= 15 is 0 Å². The van der Waals surface area contributed by atoms with Crippen LogP contribution in [0.1, 0.15) is 20.8 Å². The van der Waals surface area contributed by atoms with Crippen molar-refractivity contribution in [1.29, 1.82) is 0 Å². The van der Waals surface area contributed by atoms with Crippen molar-refractivity contribution >= 4 is 49.5 Å². The predicted molar refractivity (Wildman–Crippen MR) is 137 cm³/mol. The van der Waals surface area contributed by atoms with E-state index in [-0.39, 0.29) is 22.7 Å². The average molecular weight is 511 g/mol. The fraction of sp³-hybridized carbons (Fsp3) is 0.250. The lowest BCUT2D eigenvalue weighted by Gasteiger charge is -2.22. The van der Waals surface area contributed by atoms with E-state index in [0.717, 1.165) is 45.2 Å². The van der Waals surface area contributed by atoms with Gasteiger partial charge in [0.2, 0.25) is 0 Å². The molecular formula is C24H22N4O5S2. The number of anilines is 1. The number of carbonyl (C=O) groups is 1. The summed E-state index contributed by atoms with van der Waals surface area (Å²) in [4.78, 5) is 32.8. The molecule has 5 rings (SSSR count). The number of nitrogens with one attached hydrogen (secondary N) is 1. The Hall–Kier alpha value is -3.54. The van der Waals surface area contributed by atoms with Gasteiger partial charge in [0.1, 0.15) is 15.6 Å². The van der Waals surface area contributed by atoms with Crippen molar-refractivity contribution in [2.75, 3.05) is 33.1 Å². The van der Waals surface area contributed by atoms with E-state index in [1.54, 1.807) is 11.3 Å². The van der Waals surface area contributed by atoms with Crippen molar-refractivity contribution < 1.29 is 19.2 Å². The summed E-state index contributed by atoms with van der Waals surface area (Å²) in [6, 6.07) is 10.5. The van der Waals surface area contributed by atoms with Crippen LogP contribution in [0.25, 0.3) is 20.8 Å². The van der Waals surface area contributed by atoms with Crippen LogP contribution in [0.4, 0.5) is 10.7 Å². The number of nitrogens with zero attached hydrogens (tertiary/aromatic N) is 3. The molecule has 180 valence electrons. The Morgan fingerprint density at radius 3 is 2.63 bits per heavy atom. The Bertz CT molecular complexity index is 1430. The normalized spacial score (nSPS) is 13.5. The van der Waals surface area contributed by atoms with E-state index in [1.165, 1.54) is 43.3 Å². The Balaban J connectivity index is 1.61. The van der Waals surface area contributed by atoms with Gasteiger partial charge in [0.05, 0.1) is 35.4 Å². The fourth-order valence-electron chi connectivity index (χ4n) is 4.20. The third-order valence-corrected chi connectivity index (χ3v) is 8.11. The van der Waals surface area contributed by atoms with Gasteiger partial charge in [-0.1, -0.05) is 12.1 Å². The molecule has 11 heteroatoms. The van der Waals surface area contributed by atoms with Crippen molar-refractivity contribution in [1.82, 2.24) is 9.88 Å². The Labute approximate surface area is 209 Å². The van der Waals surface area contributed by atoms with Gasteiger partial charge in [-0.2, -0.15) is 0 Å². The summed E-state index contributed by atoms with van der Waals surface area (Å²) < 4.78 is 11.5. The van der Waals surface area contributed by atoms with Crippen molar-refractivity contribution in [3.63, 3.8) is 0 Å². The largest absolute Gasteiger partial charge is 0.493 e. The number of benzene rings is 2. The number of likely N-dealkylation sites (N-methyl/N-ethyl adjacent to an activating group) is 1. The molecule has 0 spiro atoms. The Kier molecular flexibility index (Phi) is 6.13. The van der Waals surface area contributed by atoms with Crippen molar-refractivity contribution in [2.24, 2.45) is 0 Å². The molecule has 4 aromatic rings. The molecule has 0 fully saturated rings. The van der Waals surface area contributed by atoms with Gasteiger partial charge < -0.3 is 19.7 Å². The van der Waals surface area contributed by atoms with E-state index in [1.807, 2.05) is 24.3 Å². The quantitative estimate of drug-likeness (QED) is 0.281. The maximum Gasteiger partial charge on any atom is 0.286 e. The monoisotopic (exact) mass is 510 g/mol. The van der Waals surface area contributed by atoms with Crippen LogP contribution < -0.4 is 14.8 Å². The summed E-state index contributed by atoms with van der Waals surface area (Å²) in [5.74, 6) is -0.172. The standard InChI is InChI=1S/C24H22N4O5S2/c1-27-9-8-13-20(12-27)35-24(21(13)23-25-15-6-4-5-7-19(15)34-23)26-22(29)14-10-17(32-2)18(33-3)11-16(14)28(30)31/h4-7,10-11H,8-9,12H2,1-3H3,(H,26,29). The molecule has 9 nitrogen and oxygen atoms in total. The molecule has 0 bridgehead atoms. The Morgan fingerprint density at radius 2 is 1.91 bits per heavy atom. The van der Waals surface area contributed by atoms with E-state index in [4.69, 9.17) is 14.5 Å². The van der Waals surface area contributed by atoms with Crippen LogP contribution in [0.15, 0.2) is 36.4 Å². The second kappa shape index (κ2) is 9.25. The molecule has 0 saturated heterocycles. The highest BCUT2D eigenvalue weighted by Gasteiger charge is 2.29. The number of thiophene rings is 1. The number of fused-ring (bicyclic) bond motifs is 2. The number of hydrogen-bond donors (Lipinski definition) is 1. The molecule has 35 heavy (non-hydrogen) atoms. The van der Waals surface area contributed by atoms with Crippen molar-refractivity contribution in [2.45, 2.75) is 13.0 Å². The number of rotatable bonds is 6. The molecule has 0 aliphatic carbocycles. The number of aromatic nitrogens is 1. The van der Waals surface area contributed by atoms with Crippen LogP contribution in [0.3, 0.4) is 0 Å². The summed E-state index contributed by atoms with van der Waals surface area (Å²) in [7, 11) is 4.87. The molecule has 1 aliphatic heterocycles. The first-order valence-corrected chi connectivity index (χ1v) is 12.4. The number of thiazole rings is 1. The van der Waals surface area contributed by atoms with Crippen LogP contribution >= 0.6 is 22.7 Å². The van der Waals surface area contributed by atoms with Crippen LogP contribution in [0.2, 0.25) is 0 Å². The zero-order valence-electron chi connectivity index (χ0n) is 19.3. The number of para-hydroxylation sites is 1. The minimum Gasteiger partial charge on any atom is -0.493 e. The summed E-state index contributed by atoms with van der Waals surface area (Å²) >= 11 is 3.06. The average Bonchev–Trinajstić information content (AvgIpc) is 3.42. The molecule has 0 saturated carbocycles. The van der Waals surface area contributed by atoms with Gasteiger partial charge in [-0.15, -0.1) is 22.7 Å². The van der Waals surface area contributed by atoms with Crippen LogP contribution in [0.5, 0.6) is 11.5 Å². The van der Waals surface area contributed by atoms with Gasteiger partial charge in [0.25, 0.3) is 11.6 Å². The van der Waals surface area contributed by atoms with Crippen molar-refractivity contribution in [3.05, 3.63) is 62.5 Å². The molecule has 0 atom stereocenters. The zero-order valence-corrected chi connectivity index (χ0v) is 20.9. The van der Waals surface area contributed by atoms with Gasteiger partial charge >= 0.3 is 0 Å². The number of nitro groups is 1. The fourth-order valence-corrected chi connectivity index (χ4v) is 6.63. The number of methoxy groups -OCH3 is 2. The van der Waals surface area contributed by atoms with Gasteiger partial charge in [-0.3, -0.25) is 14.9 Å². The molecule has 0 unspecified atom stereocenters. The predicted octanol–water partition coefficient (Wildman–Crippen LogP) is 5.19. The first kappa shape index (κ1) is 23.2. The second-order valence-corrected chi connectivity index (χ2v) is 10.3. The molecular weight excluding hydrogens is 488 g/mol. The molecule has 1 aliphatic rings. The summed E-state index contributed by atoms with van der Waals surface area (Å²) in [5.41, 5.74) is 2.50. The van der Waals surface area contributed by atoms with Gasteiger partial charge in [-0.25, -0.2) is 4.98 Å². The smallest absolute Gasteiger partial charge is 0.286 e. The summed E-state index contributed by atoms with van der Waals surface area (Å²) in [5, 5.41) is 16.2. The Morgan fingerprint density at radius 1 is 1.17 bits per heavy atom. The van der Waals surface area contributed by atoms with Gasteiger partial charge in [-0.05, 0) is 31.2 Å². The minimum absolute atomic E-state index is 0.105. The summed E-state index contributed by atoms with van der Waals surface area (Å²) in [6.45, 7) is 1.67. The number of nitro benzene ring substituents is 1. The third-order valence-electron chi connectivity index (χ3n) is 5.93. The number of hydrogen-bond acceptors (Lipinski definition) is 9. The van der Waals surface area contributed by atoms with E-state index in [2.05, 4.69) is 17.3 Å². The molecule has 3 heterocycles. The minimum atomic E-state index is -0.597.